The number of nitrogens with one attached hydrogen (secondary N) is 1. The molecule has 1 fully saturated rings. The molecule has 1 aliphatic rings. The molecule has 1 atom stereocenters. The fraction of sp³-hybridized carbons (Fsp3) is 0.846. The van der Waals surface area contributed by atoms with Crippen molar-refractivity contribution in [3.8, 4) is 0 Å². The maximum Gasteiger partial charge on any atom is 0.00938 e. The third-order valence-electron chi connectivity index (χ3n) is 3.28. The van der Waals surface area contributed by atoms with Crippen LogP contribution in [0.15, 0.2) is 12.7 Å². The molecule has 88 valence electrons. The molecule has 0 bridgehead atoms. The van der Waals surface area contributed by atoms with Gasteiger partial charge in [-0.05, 0) is 59.2 Å². The van der Waals surface area contributed by atoms with E-state index >= 15 is 0 Å². The van der Waals surface area contributed by atoms with Crippen LogP contribution in [0, 0.1) is 0 Å². The second-order valence-electron chi connectivity index (χ2n) is 4.86. The van der Waals surface area contributed by atoms with Gasteiger partial charge in [0.2, 0.25) is 0 Å². The highest BCUT2D eigenvalue weighted by Gasteiger charge is 2.17. The Morgan fingerprint density at radius 2 is 2.13 bits per heavy atom. The van der Waals surface area contributed by atoms with Gasteiger partial charge in [0, 0.05) is 12.1 Å². The van der Waals surface area contributed by atoms with E-state index in [0.29, 0.717) is 6.04 Å². The van der Waals surface area contributed by atoms with E-state index in [1.807, 2.05) is 6.08 Å². The van der Waals surface area contributed by atoms with Crippen LogP contribution in [0.25, 0.3) is 0 Å². The normalized spacial score (nSPS) is 21.5. The van der Waals surface area contributed by atoms with Gasteiger partial charge in [0.05, 0.1) is 0 Å². The van der Waals surface area contributed by atoms with Crippen molar-refractivity contribution < 1.29 is 0 Å². The van der Waals surface area contributed by atoms with Gasteiger partial charge in [-0.25, -0.2) is 0 Å². The monoisotopic (exact) mass is 210 g/mol. The van der Waals surface area contributed by atoms with Crippen LogP contribution in [-0.4, -0.2) is 37.1 Å². The molecule has 0 aromatic rings. The first kappa shape index (κ1) is 12.7. The highest BCUT2D eigenvalue weighted by atomic mass is 15.1. The van der Waals surface area contributed by atoms with Crippen LogP contribution in [0.2, 0.25) is 0 Å². The van der Waals surface area contributed by atoms with Gasteiger partial charge in [0.25, 0.3) is 0 Å². The Morgan fingerprint density at radius 1 is 1.47 bits per heavy atom. The predicted molar refractivity (Wildman–Crippen MR) is 67.2 cm³/mol. The summed E-state index contributed by atoms with van der Waals surface area (Å²) in [6, 6.07) is 1.42. The van der Waals surface area contributed by atoms with Gasteiger partial charge < -0.3 is 10.2 Å². The van der Waals surface area contributed by atoms with Crippen molar-refractivity contribution >= 4 is 0 Å². The predicted octanol–water partition coefficient (Wildman–Crippen LogP) is 2.42. The smallest absolute Gasteiger partial charge is 0.00938 e. The molecule has 0 radical (unpaired) electrons. The Labute approximate surface area is 94.7 Å². The standard InChI is InChI=1S/C13H26N2/c1-4-5-6-7-12(2)14-13-8-10-15(3)11-9-13/h4,12-14H,1,5-11H2,2-3H3. The lowest BCUT2D eigenvalue weighted by atomic mass is 10.0. The van der Waals surface area contributed by atoms with E-state index in [-0.39, 0.29) is 0 Å². The van der Waals surface area contributed by atoms with E-state index in [2.05, 4.69) is 30.8 Å². The zero-order valence-corrected chi connectivity index (χ0v) is 10.3. The third kappa shape index (κ3) is 5.33. The van der Waals surface area contributed by atoms with Crippen molar-refractivity contribution in [2.24, 2.45) is 0 Å². The number of nitrogens with zero attached hydrogens (tertiary/aromatic N) is 1. The number of likely N-dealkylation sites (tertiary alicyclic amines) is 1. The number of hydrogen-bond acceptors (Lipinski definition) is 2. The van der Waals surface area contributed by atoms with Gasteiger partial charge in [-0.2, -0.15) is 0 Å². The molecule has 0 aromatic heterocycles. The second kappa shape index (κ2) is 7.02. The Morgan fingerprint density at radius 3 is 2.73 bits per heavy atom. The molecule has 0 aromatic carbocycles. The van der Waals surface area contributed by atoms with E-state index in [4.69, 9.17) is 0 Å². The largest absolute Gasteiger partial charge is 0.311 e. The van der Waals surface area contributed by atoms with Crippen LogP contribution in [-0.2, 0) is 0 Å². The van der Waals surface area contributed by atoms with Gasteiger partial charge in [0.1, 0.15) is 0 Å². The van der Waals surface area contributed by atoms with Gasteiger partial charge in [-0.15, -0.1) is 6.58 Å². The van der Waals surface area contributed by atoms with Crippen LogP contribution in [0.1, 0.15) is 39.0 Å². The third-order valence-corrected chi connectivity index (χ3v) is 3.28. The van der Waals surface area contributed by atoms with Crippen LogP contribution in [0.5, 0.6) is 0 Å². The molecule has 1 heterocycles. The lowest BCUT2D eigenvalue weighted by Crippen LogP contribution is -2.44. The molecule has 0 spiro atoms. The number of piperidine rings is 1. The maximum atomic E-state index is 3.76. The Kier molecular flexibility index (Phi) is 5.96. The minimum Gasteiger partial charge on any atom is -0.311 e. The molecule has 1 N–H and O–H groups in total. The lowest BCUT2D eigenvalue weighted by molar-refractivity contribution is 0.224. The fourth-order valence-electron chi connectivity index (χ4n) is 2.23. The second-order valence-corrected chi connectivity index (χ2v) is 4.86. The fourth-order valence-corrected chi connectivity index (χ4v) is 2.23. The van der Waals surface area contributed by atoms with Crippen molar-refractivity contribution in [2.45, 2.75) is 51.1 Å². The highest BCUT2D eigenvalue weighted by molar-refractivity contribution is 4.78. The topological polar surface area (TPSA) is 15.3 Å². The lowest BCUT2D eigenvalue weighted by Gasteiger charge is -2.31. The summed E-state index contributed by atoms with van der Waals surface area (Å²) in [4.78, 5) is 2.42. The molecule has 2 heteroatoms. The molecule has 2 nitrogen and oxygen atoms in total. The van der Waals surface area contributed by atoms with E-state index in [0.717, 1.165) is 12.5 Å². The van der Waals surface area contributed by atoms with E-state index in [1.165, 1.54) is 38.8 Å². The van der Waals surface area contributed by atoms with Crippen LogP contribution in [0.4, 0.5) is 0 Å². The molecule has 1 unspecified atom stereocenters. The average molecular weight is 210 g/mol. The van der Waals surface area contributed by atoms with Crippen LogP contribution < -0.4 is 5.32 Å². The van der Waals surface area contributed by atoms with Gasteiger partial charge in [0.15, 0.2) is 0 Å². The Bertz CT molecular complexity index is 171. The molecular formula is C13H26N2. The van der Waals surface area contributed by atoms with E-state index in [1.54, 1.807) is 0 Å². The molecular weight excluding hydrogens is 184 g/mol. The summed E-state index contributed by atoms with van der Waals surface area (Å²) >= 11 is 0. The summed E-state index contributed by atoms with van der Waals surface area (Å²) in [5.41, 5.74) is 0. The first-order valence-corrected chi connectivity index (χ1v) is 6.28. The first-order valence-electron chi connectivity index (χ1n) is 6.28. The van der Waals surface area contributed by atoms with Crippen LogP contribution >= 0.6 is 0 Å². The van der Waals surface area contributed by atoms with Crippen LogP contribution in [0.3, 0.4) is 0 Å². The Hall–Kier alpha value is -0.340. The number of rotatable bonds is 6. The molecule has 0 aliphatic carbocycles. The molecule has 15 heavy (non-hydrogen) atoms. The average Bonchev–Trinajstić information content (AvgIpc) is 2.22. The van der Waals surface area contributed by atoms with Crippen molar-refractivity contribution in [1.82, 2.24) is 10.2 Å². The van der Waals surface area contributed by atoms with Crippen molar-refractivity contribution in [3.05, 3.63) is 12.7 Å². The van der Waals surface area contributed by atoms with Crippen molar-refractivity contribution in [1.29, 1.82) is 0 Å². The van der Waals surface area contributed by atoms with Gasteiger partial charge in [-0.3, -0.25) is 0 Å². The number of unbranched alkanes of at least 4 members (excludes halogenated alkanes) is 1. The molecule has 0 amide bonds. The van der Waals surface area contributed by atoms with Gasteiger partial charge in [-0.1, -0.05) is 6.08 Å². The minimum absolute atomic E-state index is 0.665. The minimum atomic E-state index is 0.665. The van der Waals surface area contributed by atoms with Crippen molar-refractivity contribution in [2.75, 3.05) is 20.1 Å². The number of allylic oxidation sites excluding steroid dienone is 1. The zero-order chi connectivity index (χ0) is 11.1. The quantitative estimate of drug-likeness (QED) is 0.535. The summed E-state index contributed by atoms with van der Waals surface area (Å²) in [5, 5.41) is 3.74. The summed E-state index contributed by atoms with van der Waals surface area (Å²) in [5.74, 6) is 0. The SMILES string of the molecule is C=CCCCC(C)NC1CCN(C)CC1. The summed E-state index contributed by atoms with van der Waals surface area (Å²) < 4.78 is 0. The molecule has 1 aliphatic heterocycles. The summed E-state index contributed by atoms with van der Waals surface area (Å²) in [7, 11) is 2.21. The summed E-state index contributed by atoms with van der Waals surface area (Å²) in [6.07, 6.45) is 8.33. The van der Waals surface area contributed by atoms with E-state index in [9.17, 15) is 0 Å². The van der Waals surface area contributed by atoms with Gasteiger partial charge >= 0.3 is 0 Å². The maximum absolute atomic E-state index is 3.76. The number of hydrogen-bond donors (Lipinski definition) is 1. The Balaban J connectivity index is 2.09. The first-order chi connectivity index (χ1) is 7.22. The zero-order valence-electron chi connectivity index (χ0n) is 10.3. The molecule has 0 saturated carbocycles. The summed E-state index contributed by atoms with van der Waals surface area (Å²) in [6.45, 7) is 8.56. The highest BCUT2D eigenvalue weighted by Crippen LogP contribution is 2.10. The van der Waals surface area contributed by atoms with E-state index < -0.39 is 0 Å². The van der Waals surface area contributed by atoms with Crippen molar-refractivity contribution in [3.63, 3.8) is 0 Å². The molecule has 1 rings (SSSR count). The molecule has 1 saturated heterocycles.